The summed E-state index contributed by atoms with van der Waals surface area (Å²) in [6.07, 6.45) is 0. The molecule has 1 aromatic carbocycles. The van der Waals surface area contributed by atoms with Gasteiger partial charge in [0.1, 0.15) is 0 Å². The third kappa shape index (κ3) is 7.78. The van der Waals surface area contributed by atoms with E-state index in [2.05, 4.69) is 25.5 Å². The van der Waals surface area contributed by atoms with Gasteiger partial charge in [0, 0.05) is 12.3 Å². The quantitative estimate of drug-likeness (QED) is 0.586. The third-order valence-corrected chi connectivity index (χ3v) is 3.25. The largest absolute Gasteiger partial charge is 0.465 e. The van der Waals surface area contributed by atoms with Crippen LogP contribution in [-0.2, 0) is 19.0 Å². The lowest BCUT2D eigenvalue weighted by atomic mass is 9.95. The summed E-state index contributed by atoms with van der Waals surface area (Å²) in [7, 11) is 0. The van der Waals surface area contributed by atoms with Crippen molar-refractivity contribution < 1.29 is 28.6 Å². The molecule has 2 rings (SSSR count). The molecule has 0 spiro atoms. The molecule has 0 unspecified atom stereocenters. The van der Waals surface area contributed by atoms with Gasteiger partial charge in [0.2, 0.25) is 0 Å². The average molecular weight is 364 g/mol. The van der Waals surface area contributed by atoms with Gasteiger partial charge in [-0.05, 0) is 17.5 Å². The number of hydrogen-bond donors (Lipinski definition) is 0. The second-order valence-electron chi connectivity index (χ2n) is 8.22. The van der Waals surface area contributed by atoms with Crippen molar-refractivity contribution in [3.05, 3.63) is 35.4 Å². The minimum atomic E-state index is -0.550. The van der Waals surface area contributed by atoms with E-state index in [1.165, 1.54) is 6.92 Å². The summed E-state index contributed by atoms with van der Waals surface area (Å²) in [5, 5.41) is 0. The van der Waals surface area contributed by atoms with Gasteiger partial charge in [0.25, 0.3) is 0 Å². The molecule has 6 nitrogen and oxygen atoms in total. The Morgan fingerprint density at radius 2 is 1.42 bits per heavy atom. The van der Waals surface area contributed by atoms with E-state index in [-0.39, 0.29) is 16.8 Å². The molecule has 0 fully saturated rings. The minimum Gasteiger partial charge on any atom is -0.465 e. The van der Waals surface area contributed by atoms with Crippen molar-refractivity contribution >= 4 is 17.9 Å². The van der Waals surface area contributed by atoms with Gasteiger partial charge in [0.15, 0.2) is 0 Å². The number of cyclic esters (lactones) is 2. The number of fused-ring (bicyclic) bond motifs is 1. The predicted molar refractivity (Wildman–Crippen MR) is 96.9 cm³/mol. The van der Waals surface area contributed by atoms with E-state index >= 15 is 0 Å². The standard InChI is InChI=1S/C12H24O3.C8H4O3/c1-10(13)15-9-12(5,6)8-14-7-11(2,3)4;9-7-5-3-1-2-4-6(5)8(10)11-7/h7-9H2,1-6H3;1-4H. The first-order valence-corrected chi connectivity index (χ1v) is 8.48. The third-order valence-electron chi connectivity index (χ3n) is 3.25. The Morgan fingerprint density at radius 3 is 1.85 bits per heavy atom. The summed E-state index contributed by atoms with van der Waals surface area (Å²) in [4.78, 5) is 32.3. The number of carbonyl (C=O) groups excluding carboxylic acids is 3. The molecule has 0 aliphatic carbocycles. The fraction of sp³-hybridized carbons (Fsp3) is 0.550. The highest BCUT2D eigenvalue weighted by Crippen LogP contribution is 2.20. The van der Waals surface area contributed by atoms with Gasteiger partial charge in [0.05, 0.1) is 30.9 Å². The highest BCUT2D eigenvalue weighted by atomic mass is 16.6. The SMILES string of the molecule is CC(=O)OCC(C)(C)COCC(C)(C)C.O=C1OC(=O)c2ccccc21. The lowest BCUT2D eigenvalue weighted by Crippen LogP contribution is -2.28. The van der Waals surface area contributed by atoms with Gasteiger partial charge >= 0.3 is 17.9 Å². The molecule has 1 heterocycles. The molecule has 1 aliphatic heterocycles. The van der Waals surface area contributed by atoms with Crippen molar-refractivity contribution in [3.8, 4) is 0 Å². The summed E-state index contributed by atoms with van der Waals surface area (Å²) in [5.74, 6) is -1.34. The lowest BCUT2D eigenvalue weighted by Gasteiger charge is -2.26. The first kappa shape index (κ1) is 21.8. The molecule has 0 saturated heterocycles. The second-order valence-corrected chi connectivity index (χ2v) is 8.22. The number of ether oxygens (including phenoxy) is 3. The van der Waals surface area contributed by atoms with Crippen LogP contribution in [0.15, 0.2) is 24.3 Å². The maximum absolute atomic E-state index is 10.8. The molecular weight excluding hydrogens is 336 g/mol. The van der Waals surface area contributed by atoms with Crippen molar-refractivity contribution in [2.75, 3.05) is 19.8 Å². The molecule has 0 atom stereocenters. The van der Waals surface area contributed by atoms with Crippen molar-refractivity contribution in [2.45, 2.75) is 41.5 Å². The maximum Gasteiger partial charge on any atom is 0.346 e. The molecule has 6 heteroatoms. The van der Waals surface area contributed by atoms with Gasteiger partial charge in [-0.3, -0.25) is 4.79 Å². The number of esters is 3. The van der Waals surface area contributed by atoms with Crippen molar-refractivity contribution in [1.82, 2.24) is 0 Å². The number of carbonyl (C=O) groups is 3. The Hall–Kier alpha value is -2.21. The monoisotopic (exact) mass is 364 g/mol. The fourth-order valence-corrected chi connectivity index (χ4v) is 2.01. The molecular formula is C20H28O6. The van der Waals surface area contributed by atoms with Crippen LogP contribution in [0, 0.1) is 10.8 Å². The topological polar surface area (TPSA) is 78.9 Å². The van der Waals surface area contributed by atoms with Crippen molar-refractivity contribution in [1.29, 1.82) is 0 Å². The highest BCUT2D eigenvalue weighted by molar-refractivity contribution is 6.14. The Balaban J connectivity index is 0.000000269. The molecule has 0 radical (unpaired) electrons. The highest BCUT2D eigenvalue weighted by Gasteiger charge is 2.28. The van der Waals surface area contributed by atoms with E-state index in [1.807, 2.05) is 13.8 Å². The minimum absolute atomic E-state index is 0.114. The number of rotatable bonds is 5. The van der Waals surface area contributed by atoms with E-state index in [1.54, 1.807) is 24.3 Å². The fourth-order valence-electron chi connectivity index (χ4n) is 2.01. The zero-order valence-corrected chi connectivity index (χ0v) is 16.4. The van der Waals surface area contributed by atoms with E-state index in [0.29, 0.717) is 24.3 Å². The van der Waals surface area contributed by atoms with Crippen LogP contribution in [0.5, 0.6) is 0 Å². The second kappa shape index (κ2) is 8.94. The first-order valence-electron chi connectivity index (χ1n) is 8.48. The van der Waals surface area contributed by atoms with Crippen LogP contribution in [0.1, 0.15) is 62.3 Å². The summed E-state index contributed by atoms with van der Waals surface area (Å²) >= 11 is 0. The summed E-state index contributed by atoms with van der Waals surface area (Å²) < 4.78 is 14.9. The van der Waals surface area contributed by atoms with Gasteiger partial charge in [-0.1, -0.05) is 46.8 Å². The van der Waals surface area contributed by atoms with E-state index < -0.39 is 11.9 Å². The van der Waals surface area contributed by atoms with Crippen LogP contribution < -0.4 is 0 Å². The molecule has 0 aromatic heterocycles. The Labute approximate surface area is 154 Å². The summed E-state index contributed by atoms with van der Waals surface area (Å²) in [6, 6.07) is 6.53. The van der Waals surface area contributed by atoms with Gasteiger partial charge < -0.3 is 14.2 Å². The number of hydrogen-bond acceptors (Lipinski definition) is 6. The first-order chi connectivity index (χ1) is 11.9. The van der Waals surface area contributed by atoms with E-state index in [4.69, 9.17) is 9.47 Å². The van der Waals surface area contributed by atoms with E-state index in [0.717, 1.165) is 6.61 Å². The zero-order chi connectivity index (χ0) is 20.0. The zero-order valence-electron chi connectivity index (χ0n) is 16.4. The Kier molecular flexibility index (Phi) is 7.51. The molecule has 1 aromatic rings. The molecule has 1 aliphatic rings. The summed E-state index contributed by atoms with van der Waals surface area (Å²) in [5.41, 5.74) is 0.782. The van der Waals surface area contributed by atoms with Crippen LogP contribution >= 0.6 is 0 Å². The van der Waals surface area contributed by atoms with Crippen LogP contribution in [0.2, 0.25) is 0 Å². The average Bonchev–Trinajstić information content (AvgIpc) is 2.80. The van der Waals surface area contributed by atoms with Crippen LogP contribution in [0.25, 0.3) is 0 Å². The normalized spacial score (nSPS) is 13.5. The van der Waals surface area contributed by atoms with Gasteiger partial charge in [-0.15, -0.1) is 0 Å². The van der Waals surface area contributed by atoms with Gasteiger partial charge in [-0.2, -0.15) is 0 Å². The van der Waals surface area contributed by atoms with Gasteiger partial charge in [-0.25, -0.2) is 9.59 Å². The van der Waals surface area contributed by atoms with Crippen LogP contribution in [-0.4, -0.2) is 37.7 Å². The van der Waals surface area contributed by atoms with Crippen molar-refractivity contribution in [2.24, 2.45) is 10.8 Å². The molecule has 0 bridgehead atoms. The van der Waals surface area contributed by atoms with Crippen LogP contribution in [0.3, 0.4) is 0 Å². The molecule has 0 N–H and O–H groups in total. The van der Waals surface area contributed by atoms with Crippen molar-refractivity contribution in [3.63, 3.8) is 0 Å². The predicted octanol–water partition coefficient (Wildman–Crippen LogP) is 3.64. The molecule has 0 amide bonds. The smallest absolute Gasteiger partial charge is 0.346 e. The van der Waals surface area contributed by atoms with E-state index in [9.17, 15) is 14.4 Å². The van der Waals surface area contributed by atoms with Crippen LogP contribution in [0.4, 0.5) is 0 Å². The number of benzene rings is 1. The Bertz CT molecular complexity index is 622. The molecule has 0 saturated carbocycles. The molecule has 26 heavy (non-hydrogen) atoms. The summed E-state index contributed by atoms with van der Waals surface area (Å²) in [6.45, 7) is 13.6. The molecule has 144 valence electrons. The lowest BCUT2D eigenvalue weighted by molar-refractivity contribution is -0.145. The maximum atomic E-state index is 10.8. The Morgan fingerprint density at radius 1 is 0.923 bits per heavy atom.